The second kappa shape index (κ2) is 7.87. The minimum Gasteiger partial charge on any atom is -0.355 e. The van der Waals surface area contributed by atoms with Gasteiger partial charge in [0.25, 0.3) is 5.91 Å². The predicted molar refractivity (Wildman–Crippen MR) is 107 cm³/mol. The summed E-state index contributed by atoms with van der Waals surface area (Å²) in [7, 11) is 0. The molecular formula is C23H30N2O2. The summed E-state index contributed by atoms with van der Waals surface area (Å²) in [5.74, 6) is 2.43. The SMILES string of the molecule is CC1CC(C)CN(C(=O)c2cc(-c3ccc(C4CCCCC4)cc3)on2)C1. The van der Waals surface area contributed by atoms with E-state index in [1.165, 1.54) is 44.1 Å². The molecule has 1 saturated heterocycles. The Balaban J connectivity index is 1.46. The number of benzene rings is 1. The molecule has 2 atom stereocenters. The molecule has 2 fully saturated rings. The van der Waals surface area contributed by atoms with Gasteiger partial charge < -0.3 is 9.42 Å². The van der Waals surface area contributed by atoms with E-state index in [1.54, 1.807) is 6.07 Å². The summed E-state index contributed by atoms with van der Waals surface area (Å²) in [4.78, 5) is 14.7. The van der Waals surface area contributed by atoms with E-state index >= 15 is 0 Å². The van der Waals surface area contributed by atoms with Crippen molar-refractivity contribution in [3.8, 4) is 11.3 Å². The Morgan fingerprint density at radius 1 is 1.04 bits per heavy atom. The van der Waals surface area contributed by atoms with E-state index in [1.807, 2.05) is 4.90 Å². The molecule has 2 aliphatic rings. The van der Waals surface area contributed by atoms with Crippen LogP contribution in [0.15, 0.2) is 34.9 Å². The number of likely N-dealkylation sites (tertiary alicyclic amines) is 1. The van der Waals surface area contributed by atoms with Gasteiger partial charge in [0.1, 0.15) is 0 Å². The maximum absolute atomic E-state index is 12.8. The highest BCUT2D eigenvalue weighted by Gasteiger charge is 2.28. The average molecular weight is 367 g/mol. The largest absolute Gasteiger partial charge is 0.355 e. The molecule has 0 radical (unpaired) electrons. The number of hydrogen-bond donors (Lipinski definition) is 0. The number of amides is 1. The summed E-state index contributed by atoms with van der Waals surface area (Å²) >= 11 is 0. The van der Waals surface area contributed by atoms with E-state index < -0.39 is 0 Å². The van der Waals surface area contributed by atoms with Crippen molar-refractivity contribution in [2.24, 2.45) is 11.8 Å². The van der Waals surface area contributed by atoms with Crippen molar-refractivity contribution in [2.45, 2.75) is 58.3 Å². The Morgan fingerprint density at radius 3 is 2.37 bits per heavy atom. The zero-order valence-electron chi connectivity index (χ0n) is 16.5. The minimum absolute atomic E-state index is 0.0118. The molecular weight excluding hydrogens is 336 g/mol. The van der Waals surface area contributed by atoms with Crippen LogP contribution in [-0.2, 0) is 0 Å². The molecule has 1 aliphatic carbocycles. The van der Waals surface area contributed by atoms with Crippen LogP contribution in [0.2, 0.25) is 0 Å². The third kappa shape index (κ3) is 4.10. The fourth-order valence-corrected chi connectivity index (χ4v) is 4.86. The lowest BCUT2D eigenvalue weighted by molar-refractivity contribution is 0.0613. The molecule has 1 aliphatic heterocycles. The summed E-state index contributed by atoms with van der Waals surface area (Å²) in [6, 6.07) is 10.4. The maximum Gasteiger partial charge on any atom is 0.276 e. The summed E-state index contributed by atoms with van der Waals surface area (Å²) in [6.07, 6.45) is 7.83. The second-order valence-corrected chi connectivity index (χ2v) is 8.69. The van der Waals surface area contributed by atoms with Crippen LogP contribution in [-0.4, -0.2) is 29.1 Å². The molecule has 27 heavy (non-hydrogen) atoms. The summed E-state index contributed by atoms with van der Waals surface area (Å²) in [6.45, 7) is 6.03. The highest BCUT2D eigenvalue weighted by molar-refractivity contribution is 5.93. The van der Waals surface area contributed by atoms with Crippen LogP contribution in [0.4, 0.5) is 0 Å². The molecule has 1 amide bonds. The Hall–Kier alpha value is -2.10. The van der Waals surface area contributed by atoms with Gasteiger partial charge in [0, 0.05) is 24.7 Å². The van der Waals surface area contributed by atoms with Crippen LogP contribution >= 0.6 is 0 Å². The number of nitrogens with zero attached hydrogens (tertiary/aromatic N) is 2. The normalized spacial score (nSPS) is 24.1. The molecule has 2 unspecified atom stereocenters. The number of piperidine rings is 1. The first kappa shape index (κ1) is 18.3. The first-order valence-electron chi connectivity index (χ1n) is 10.5. The van der Waals surface area contributed by atoms with Gasteiger partial charge in [0.15, 0.2) is 11.5 Å². The quantitative estimate of drug-likeness (QED) is 0.720. The van der Waals surface area contributed by atoms with E-state index in [0.29, 0.717) is 29.2 Å². The van der Waals surface area contributed by atoms with Crippen LogP contribution in [0.25, 0.3) is 11.3 Å². The monoisotopic (exact) mass is 366 g/mol. The number of aromatic nitrogens is 1. The van der Waals surface area contributed by atoms with Crippen molar-refractivity contribution in [1.29, 1.82) is 0 Å². The fourth-order valence-electron chi connectivity index (χ4n) is 4.86. The van der Waals surface area contributed by atoms with Gasteiger partial charge >= 0.3 is 0 Å². The molecule has 0 bridgehead atoms. The molecule has 0 N–H and O–H groups in total. The van der Waals surface area contributed by atoms with Gasteiger partial charge in [-0.05, 0) is 42.6 Å². The zero-order chi connectivity index (χ0) is 18.8. The Labute approximate surface area is 161 Å². The van der Waals surface area contributed by atoms with Crippen LogP contribution in [0.1, 0.15) is 74.3 Å². The van der Waals surface area contributed by atoms with Gasteiger partial charge in [0.2, 0.25) is 0 Å². The molecule has 1 saturated carbocycles. The van der Waals surface area contributed by atoms with Crippen molar-refractivity contribution in [1.82, 2.24) is 10.1 Å². The molecule has 144 valence electrons. The smallest absolute Gasteiger partial charge is 0.276 e. The van der Waals surface area contributed by atoms with Gasteiger partial charge in [-0.25, -0.2) is 0 Å². The van der Waals surface area contributed by atoms with Gasteiger partial charge in [-0.1, -0.05) is 62.5 Å². The van der Waals surface area contributed by atoms with E-state index in [-0.39, 0.29) is 5.91 Å². The first-order valence-corrected chi connectivity index (χ1v) is 10.5. The molecule has 1 aromatic heterocycles. The highest BCUT2D eigenvalue weighted by atomic mass is 16.5. The third-order valence-corrected chi connectivity index (χ3v) is 6.16. The van der Waals surface area contributed by atoms with Crippen molar-refractivity contribution < 1.29 is 9.32 Å². The molecule has 1 aromatic carbocycles. The van der Waals surface area contributed by atoms with Crippen molar-refractivity contribution >= 4 is 5.91 Å². The number of carbonyl (C=O) groups excluding carboxylic acids is 1. The van der Waals surface area contributed by atoms with Crippen LogP contribution in [0, 0.1) is 11.8 Å². The standard InChI is InChI=1S/C23H30N2O2/c1-16-12-17(2)15-25(14-16)23(26)21-13-22(27-24-21)20-10-8-19(9-11-20)18-6-4-3-5-7-18/h8-11,13,16-18H,3-7,12,14-15H2,1-2H3. The van der Waals surface area contributed by atoms with Crippen LogP contribution in [0.3, 0.4) is 0 Å². The van der Waals surface area contributed by atoms with Gasteiger partial charge in [-0.2, -0.15) is 0 Å². The Bertz CT molecular complexity index is 764. The molecule has 4 heteroatoms. The van der Waals surface area contributed by atoms with E-state index in [4.69, 9.17) is 4.52 Å². The Kier molecular flexibility index (Phi) is 5.33. The summed E-state index contributed by atoms with van der Waals surface area (Å²) in [5.41, 5.74) is 2.83. The lowest BCUT2D eigenvalue weighted by Crippen LogP contribution is -2.42. The van der Waals surface area contributed by atoms with Gasteiger partial charge in [-0.15, -0.1) is 0 Å². The lowest BCUT2D eigenvalue weighted by atomic mass is 9.84. The Morgan fingerprint density at radius 2 is 1.70 bits per heavy atom. The number of hydrogen-bond acceptors (Lipinski definition) is 3. The summed E-state index contributed by atoms with van der Waals surface area (Å²) in [5, 5.41) is 4.06. The number of carbonyl (C=O) groups is 1. The number of rotatable bonds is 3. The molecule has 4 rings (SSSR count). The molecule has 4 nitrogen and oxygen atoms in total. The molecule has 2 aromatic rings. The lowest BCUT2D eigenvalue weighted by Gasteiger charge is -2.34. The first-order chi connectivity index (χ1) is 13.1. The van der Waals surface area contributed by atoms with Crippen molar-refractivity contribution in [3.63, 3.8) is 0 Å². The van der Waals surface area contributed by atoms with Crippen LogP contribution in [0.5, 0.6) is 0 Å². The van der Waals surface area contributed by atoms with Gasteiger partial charge in [-0.3, -0.25) is 4.79 Å². The zero-order valence-corrected chi connectivity index (χ0v) is 16.5. The van der Waals surface area contributed by atoms with Crippen molar-refractivity contribution in [3.05, 3.63) is 41.6 Å². The van der Waals surface area contributed by atoms with Gasteiger partial charge in [0.05, 0.1) is 0 Å². The van der Waals surface area contributed by atoms with Crippen LogP contribution < -0.4 is 0 Å². The topological polar surface area (TPSA) is 46.3 Å². The highest BCUT2D eigenvalue weighted by Crippen LogP contribution is 2.33. The summed E-state index contributed by atoms with van der Waals surface area (Å²) < 4.78 is 5.50. The minimum atomic E-state index is -0.0118. The molecule has 2 heterocycles. The fraction of sp³-hybridized carbons (Fsp3) is 0.565. The van der Waals surface area contributed by atoms with E-state index in [9.17, 15) is 4.79 Å². The van der Waals surface area contributed by atoms with E-state index in [2.05, 4.69) is 43.3 Å². The van der Waals surface area contributed by atoms with Crippen molar-refractivity contribution in [2.75, 3.05) is 13.1 Å². The average Bonchev–Trinajstić information content (AvgIpc) is 3.18. The third-order valence-electron chi connectivity index (χ3n) is 6.16. The van der Waals surface area contributed by atoms with E-state index in [0.717, 1.165) is 18.7 Å². The predicted octanol–water partition coefficient (Wildman–Crippen LogP) is 5.51. The second-order valence-electron chi connectivity index (χ2n) is 8.69. The molecule has 0 spiro atoms. The maximum atomic E-state index is 12.8.